The van der Waals surface area contributed by atoms with Crippen molar-refractivity contribution in [2.45, 2.75) is 44.4 Å². The third-order valence-corrected chi connectivity index (χ3v) is 7.09. The predicted octanol–water partition coefficient (Wildman–Crippen LogP) is 4.04. The van der Waals surface area contributed by atoms with Crippen LogP contribution < -0.4 is 5.32 Å². The molecule has 9 heteroatoms. The van der Waals surface area contributed by atoms with Crippen LogP contribution in [-0.4, -0.2) is 42.4 Å². The zero-order valence-electron chi connectivity index (χ0n) is 21.1. The van der Waals surface area contributed by atoms with Crippen LogP contribution in [0, 0.1) is 5.92 Å². The highest BCUT2D eigenvalue weighted by molar-refractivity contribution is 5.79. The summed E-state index contributed by atoms with van der Waals surface area (Å²) < 4.78 is 6.46. The van der Waals surface area contributed by atoms with Crippen LogP contribution in [0.25, 0.3) is 17.2 Å². The molecule has 2 aromatic heterocycles. The van der Waals surface area contributed by atoms with Crippen molar-refractivity contribution in [3.63, 3.8) is 0 Å². The standard InChI is InChI=1S/C29H31N5O4/c1-19(36)28-30-12-13-34(28)26(17-35)11-4-20-2-5-21(6-3-20)22-7-9-23(10-8-22)24-14-25(15-24)29(37)31-16-27-32-18-38-33-27/h2-13,18-19,24-26,35-36H,14-17H2,1H3,(H,31,37)/b11-4+/t19-,24?,25?,26-/m0/s1. The van der Waals surface area contributed by atoms with Crippen molar-refractivity contribution in [1.29, 1.82) is 0 Å². The van der Waals surface area contributed by atoms with Gasteiger partial charge < -0.3 is 24.6 Å². The molecule has 2 aromatic carbocycles. The zero-order chi connectivity index (χ0) is 26.5. The molecule has 0 aliphatic heterocycles. The highest BCUT2D eigenvalue weighted by Gasteiger charge is 2.35. The van der Waals surface area contributed by atoms with E-state index in [4.69, 9.17) is 0 Å². The van der Waals surface area contributed by atoms with Crippen molar-refractivity contribution >= 4 is 12.0 Å². The molecule has 38 heavy (non-hydrogen) atoms. The number of nitrogens with zero attached hydrogens (tertiary/aromatic N) is 4. The molecule has 1 saturated carbocycles. The highest BCUT2D eigenvalue weighted by atomic mass is 16.5. The largest absolute Gasteiger partial charge is 0.394 e. The average molecular weight is 514 g/mol. The number of carbonyl (C=O) groups excluding carboxylic acids is 1. The van der Waals surface area contributed by atoms with Gasteiger partial charge in [-0.3, -0.25) is 4.79 Å². The number of aliphatic hydroxyl groups is 2. The molecule has 1 amide bonds. The summed E-state index contributed by atoms with van der Waals surface area (Å²) in [6, 6.07) is 16.5. The number of hydrogen-bond acceptors (Lipinski definition) is 7. The second-order valence-corrected chi connectivity index (χ2v) is 9.65. The van der Waals surface area contributed by atoms with Crippen molar-refractivity contribution in [2.75, 3.05) is 6.61 Å². The number of aromatic nitrogens is 4. The Balaban J connectivity index is 1.15. The van der Waals surface area contributed by atoms with Gasteiger partial charge >= 0.3 is 0 Å². The van der Waals surface area contributed by atoms with E-state index in [2.05, 4.69) is 61.4 Å². The second kappa shape index (κ2) is 11.5. The maximum Gasteiger partial charge on any atom is 0.223 e. The van der Waals surface area contributed by atoms with Crippen LogP contribution in [0.5, 0.6) is 0 Å². The summed E-state index contributed by atoms with van der Waals surface area (Å²) in [6.07, 6.45) is 9.48. The minimum absolute atomic E-state index is 0.0185. The molecule has 1 aliphatic carbocycles. The smallest absolute Gasteiger partial charge is 0.223 e. The van der Waals surface area contributed by atoms with Crippen molar-refractivity contribution in [3.8, 4) is 11.1 Å². The molecule has 0 spiro atoms. The minimum Gasteiger partial charge on any atom is -0.394 e. The van der Waals surface area contributed by atoms with Gasteiger partial charge in [-0.25, -0.2) is 4.98 Å². The topological polar surface area (TPSA) is 126 Å². The normalized spacial score (nSPS) is 18.7. The lowest BCUT2D eigenvalue weighted by Crippen LogP contribution is -2.37. The van der Waals surface area contributed by atoms with Gasteiger partial charge in [0.2, 0.25) is 12.3 Å². The maximum absolute atomic E-state index is 12.3. The Labute approximate surface area is 220 Å². The van der Waals surface area contributed by atoms with E-state index in [1.807, 2.05) is 24.3 Å². The summed E-state index contributed by atoms with van der Waals surface area (Å²) in [6.45, 7) is 1.85. The SMILES string of the molecule is C[C@H](O)c1nccn1[C@@H](/C=C/c1ccc(-c2ccc(C3CC(C(=O)NCc4ncon4)C3)cc2)cc1)CO. The number of rotatable bonds is 10. The number of benzene rings is 2. The second-order valence-electron chi connectivity index (χ2n) is 9.65. The van der Waals surface area contributed by atoms with E-state index in [9.17, 15) is 15.0 Å². The van der Waals surface area contributed by atoms with Crippen molar-refractivity contribution < 1.29 is 19.5 Å². The highest BCUT2D eigenvalue weighted by Crippen LogP contribution is 2.42. The molecular weight excluding hydrogens is 482 g/mol. The predicted molar refractivity (Wildman–Crippen MR) is 142 cm³/mol. The van der Waals surface area contributed by atoms with E-state index in [0.717, 1.165) is 29.5 Å². The molecule has 0 unspecified atom stereocenters. The third kappa shape index (κ3) is 5.74. The van der Waals surface area contributed by atoms with Crippen LogP contribution >= 0.6 is 0 Å². The van der Waals surface area contributed by atoms with E-state index in [-0.39, 0.29) is 31.0 Å². The Hall–Kier alpha value is -4.08. The average Bonchev–Trinajstić information content (AvgIpc) is 3.61. The van der Waals surface area contributed by atoms with E-state index in [0.29, 0.717) is 17.6 Å². The van der Waals surface area contributed by atoms with Crippen LogP contribution in [0.2, 0.25) is 0 Å². The molecule has 1 aliphatic rings. The summed E-state index contributed by atoms with van der Waals surface area (Å²) in [5.41, 5.74) is 4.51. The monoisotopic (exact) mass is 513 g/mol. The van der Waals surface area contributed by atoms with Gasteiger partial charge in [0.1, 0.15) is 11.9 Å². The van der Waals surface area contributed by atoms with Gasteiger partial charge in [0, 0.05) is 18.3 Å². The third-order valence-electron chi connectivity index (χ3n) is 7.09. The Bertz CT molecular complexity index is 1350. The lowest BCUT2D eigenvalue weighted by molar-refractivity contribution is -0.128. The van der Waals surface area contributed by atoms with Crippen LogP contribution in [0.3, 0.4) is 0 Å². The van der Waals surface area contributed by atoms with Crippen LogP contribution in [0.1, 0.15) is 60.6 Å². The Morgan fingerprint density at radius 2 is 1.84 bits per heavy atom. The first-order chi connectivity index (χ1) is 18.5. The number of hydrogen-bond donors (Lipinski definition) is 3. The van der Waals surface area contributed by atoms with E-state index in [1.54, 1.807) is 23.9 Å². The zero-order valence-corrected chi connectivity index (χ0v) is 21.1. The van der Waals surface area contributed by atoms with Crippen LogP contribution in [0.4, 0.5) is 0 Å². The molecule has 9 nitrogen and oxygen atoms in total. The van der Waals surface area contributed by atoms with Crippen LogP contribution in [0.15, 0.2) is 77.9 Å². The Morgan fingerprint density at radius 3 is 2.47 bits per heavy atom. The fraction of sp³-hybridized carbons (Fsp3) is 0.310. The van der Waals surface area contributed by atoms with E-state index >= 15 is 0 Å². The molecule has 3 N–H and O–H groups in total. The molecule has 0 bridgehead atoms. The number of nitrogens with one attached hydrogen (secondary N) is 1. The van der Waals surface area contributed by atoms with Gasteiger partial charge in [-0.05, 0) is 47.9 Å². The fourth-order valence-electron chi connectivity index (χ4n) is 4.81. The minimum atomic E-state index is -0.711. The van der Waals surface area contributed by atoms with Crippen molar-refractivity contribution in [2.24, 2.45) is 5.92 Å². The van der Waals surface area contributed by atoms with E-state index in [1.165, 1.54) is 12.0 Å². The van der Waals surface area contributed by atoms with Crippen LogP contribution in [-0.2, 0) is 11.3 Å². The van der Waals surface area contributed by atoms with Gasteiger partial charge in [-0.2, -0.15) is 4.98 Å². The molecule has 4 aromatic rings. The number of amides is 1. The number of imidazole rings is 1. The first kappa shape index (κ1) is 25.6. The summed E-state index contributed by atoms with van der Waals surface area (Å²) in [5.74, 6) is 1.44. The van der Waals surface area contributed by atoms with Gasteiger partial charge in [-0.1, -0.05) is 65.8 Å². The van der Waals surface area contributed by atoms with Gasteiger partial charge in [0.05, 0.1) is 19.2 Å². The first-order valence-electron chi connectivity index (χ1n) is 12.7. The quantitative estimate of drug-likeness (QED) is 0.292. The summed E-state index contributed by atoms with van der Waals surface area (Å²) in [4.78, 5) is 20.4. The van der Waals surface area contributed by atoms with Crippen molar-refractivity contribution in [1.82, 2.24) is 25.0 Å². The molecule has 196 valence electrons. The lowest BCUT2D eigenvalue weighted by Gasteiger charge is -2.34. The molecule has 2 heterocycles. The Morgan fingerprint density at radius 1 is 1.13 bits per heavy atom. The molecule has 1 fully saturated rings. The molecular formula is C29H31N5O4. The van der Waals surface area contributed by atoms with E-state index < -0.39 is 6.10 Å². The number of aliphatic hydroxyl groups excluding tert-OH is 2. The Kier molecular flexibility index (Phi) is 7.76. The molecule has 0 radical (unpaired) electrons. The molecule has 0 saturated heterocycles. The fourth-order valence-corrected chi connectivity index (χ4v) is 4.81. The molecule has 5 rings (SSSR count). The number of carbonyl (C=O) groups is 1. The van der Waals surface area contributed by atoms with Gasteiger partial charge in [0.25, 0.3) is 0 Å². The summed E-state index contributed by atoms with van der Waals surface area (Å²) >= 11 is 0. The maximum atomic E-state index is 12.3. The van der Waals surface area contributed by atoms with Gasteiger partial charge in [-0.15, -0.1) is 0 Å². The molecule has 2 atom stereocenters. The van der Waals surface area contributed by atoms with Gasteiger partial charge in [0.15, 0.2) is 5.82 Å². The summed E-state index contributed by atoms with van der Waals surface area (Å²) in [5, 5.41) is 26.3. The van der Waals surface area contributed by atoms with Crippen molar-refractivity contribution in [3.05, 3.63) is 96.2 Å². The first-order valence-corrected chi connectivity index (χ1v) is 12.7. The summed E-state index contributed by atoms with van der Waals surface area (Å²) in [7, 11) is 0. The lowest BCUT2D eigenvalue weighted by atomic mass is 9.71.